The largest absolute Gasteiger partial charge is 0.497 e. The molecule has 2 aliphatic rings. The number of aliphatic hydroxyl groups is 1. The summed E-state index contributed by atoms with van der Waals surface area (Å²) in [5, 5.41) is 9.60. The lowest BCUT2D eigenvalue weighted by Crippen LogP contribution is -2.49. The van der Waals surface area contributed by atoms with Crippen molar-refractivity contribution in [1.29, 1.82) is 0 Å². The summed E-state index contributed by atoms with van der Waals surface area (Å²) in [6, 6.07) is 26.3. The van der Waals surface area contributed by atoms with Crippen molar-refractivity contribution in [3.05, 3.63) is 108 Å². The Hall–Kier alpha value is -3.74. The molecule has 0 aromatic heterocycles. The fourth-order valence-corrected chi connectivity index (χ4v) is 7.01. The molecule has 3 aromatic rings. The Labute approximate surface area is 265 Å². The molecule has 0 spiro atoms. The molecular formula is C34H41N3O7S. The lowest BCUT2D eigenvalue weighted by Gasteiger charge is -2.36. The van der Waals surface area contributed by atoms with E-state index < -0.39 is 16.3 Å². The summed E-state index contributed by atoms with van der Waals surface area (Å²) in [6.45, 7) is 3.14. The second kappa shape index (κ2) is 15.5. The van der Waals surface area contributed by atoms with Crippen LogP contribution in [0.3, 0.4) is 0 Å². The maximum atomic E-state index is 13.7. The molecule has 1 amide bonds. The monoisotopic (exact) mass is 635 g/mol. The van der Waals surface area contributed by atoms with Gasteiger partial charge in [-0.2, -0.15) is 4.31 Å². The van der Waals surface area contributed by atoms with E-state index in [0.29, 0.717) is 25.3 Å². The molecule has 3 aromatic carbocycles. The summed E-state index contributed by atoms with van der Waals surface area (Å²) in [5.41, 5.74) is 2.28. The first-order valence-electron chi connectivity index (χ1n) is 15.2. The summed E-state index contributed by atoms with van der Waals surface area (Å²) < 4.78 is 45.1. The molecule has 240 valence electrons. The quantitative estimate of drug-likeness (QED) is 0.304. The standard InChI is InChI=1S/C34H41N3O7S/c1-42-30-12-14-31(15-13-30)45(40,41)37(20-22-38)21-23-43-33-25-29(28-10-6-3-7-11-28)24-32(44-33)34(39)36-18-16-35(17-19-36)26-27-8-4-2-5-9-27/h2-15,24,29,33,38H,16-23,25-26H2,1H3/t29-,33+/m1/s1. The van der Waals surface area contributed by atoms with Crippen molar-refractivity contribution in [3.63, 3.8) is 0 Å². The van der Waals surface area contributed by atoms with Crippen LogP contribution in [0.15, 0.2) is 102 Å². The minimum Gasteiger partial charge on any atom is -0.497 e. The number of nitrogens with zero attached hydrogens (tertiary/aromatic N) is 3. The van der Waals surface area contributed by atoms with Crippen LogP contribution in [0.1, 0.15) is 23.5 Å². The lowest BCUT2D eigenvalue weighted by molar-refractivity contribution is -0.154. The van der Waals surface area contributed by atoms with Gasteiger partial charge in [-0.15, -0.1) is 0 Å². The van der Waals surface area contributed by atoms with Crippen LogP contribution in [0.5, 0.6) is 5.75 Å². The van der Waals surface area contributed by atoms with Crippen LogP contribution in [0.25, 0.3) is 0 Å². The van der Waals surface area contributed by atoms with Crippen molar-refractivity contribution in [3.8, 4) is 5.75 Å². The van der Waals surface area contributed by atoms with Gasteiger partial charge in [0.15, 0.2) is 5.76 Å². The predicted octanol–water partition coefficient (Wildman–Crippen LogP) is 3.45. The fourth-order valence-electron chi connectivity index (χ4n) is 5.60. The maximum Gasteiger partial charge on any atom is 0.288 e. The van der Waals surface area contributed by atoms with E-state index in [1.807, 2.05) is 59.5 Å². The first-order chi connectivity index (χ1) is 21.9. The van der Waals surface area contributed by atoms with Crippen molar-refractivity contribution in [2.24, 2.45) is 0 Å². The number of carbonyl (C=O) groups excluding carboxylic acids is 1. The number of piperazine rings is 1. The van der Waals surface area contributed by atoms with Gasteiger partial charge in [-0.25, -0.2) is 8.42 Å². The Morgan fingerprint density at radius 3 is 2.24 bits per heavy atom. The van der Waals surface area contributed by atoms with E-state index in [-0.39, 0.29) is 48.8 Å². The number of carbonyl (C=O) groups is 1. The first-order valence-corrected chi connectivity index (χ1v) is 16.7. The van der Waals surface area contributed by atoms with Crippen molar-refractivity contribution in [2.45, 2.75) is 30.1 Å². The van der Waals surface area contributed by atoms with E-state index in [9.17, 15) is 18.3 Å². The van der Waals surface area contributed by atoms with Crippen molar-refractivity contribution < 1.29 is 32.5 Å². The number of benzene rings is 3. The zero-order valence-electron chi connectivity index (χ0n) is 25.5. The molecule has 2 heterocycles. The number of hydrogen-bond donors (Lipinski definition) is 1. The van der Waals surface area contributed by atoms with E-state index >= 15 is 0 Å². The number of hydrogen-bond acceptors (Lipinski definition) is 8. The second-order valence-corrected chi connectivity index (χ2v) is 13.0. The highest BCUT2D eigenvalue weighted by molar-refractivity contribution is 7.89. The van der Waals surface area contributed by atoms with Gasteiger partial charge < -0.3 is 24.2 Å². The molecule has 0 aliphatic carbocycles. The number of sulfonamides is 1. The molecule has 1 fully saturated rings. The van der Waals surface area contributed by atoms with Gasteiger partial charge in [0.05, 0.1) is 25.2 Å². The molecule has 0 saturated carbocycles. The van der Waals surface area contributed by atoms with Gasteiger partial charge in [0.1, 0.15) is 5.75 Å². The number of allylic oxidation sites excluding steroid dienone is 1. The van der Waals surface area contributed by atoms with Crippen LogP contribution >= 0.6 is 0 Å². The number of ether oxygens (including phenoxy) is 3. The molecule has 2 aliphatic heterocycles. The third kappa shape index (κ3) is 8.50. The Morgan fingerprint density at radius 1 is 0.933 bits per heavy atom. The maximum absolute atomic E-state index is 13.7. The topological polar surface area (TPSA) is 109 Å². The van der Waals surface area contributed by atoms with Gasteiger partial charge in [0, 0.05) is 58.2 Å². The Morgan fingerprint density at radius 2 is 1.60 bits per heavy atom. The van der Waals surface area contributed by atoms with Crippen LogP contribution in [-0.2, 0) is 30.8 Å². The lowest BCUT2D eigenvalue weighted by atomic mass is 9.93. The minimum absolute atomic E-state index is 0.00115. The number of methoxy groups -OCH3 is 1. The number of amides is 1. The molecule has 1 N–H and O–H groups in total. The van der Waals surface area contributed by atoms with Crippen LogP contribution < -0.4 is 4.74 Å². The molecular weight excluding hydrogens is 594 g/mol. The normalized spacial score (nSPS) is 19.2. The molecule has 11 heteroatoms. The van der Waals surface area contributed by atoms with Crippen molar-refractivity contribution in [1.82, 2.24) is 14.1 Å². The summed E-state index contributed by atoms with van der Waals surface area (Å²) in [6.07, 6.45) is 1.59. The highest BCUT2D eigenvalue weighted by atomic mass is 32.2. The Bertz CT molecular complexity index is 1510. The molecule has 2 atom stereocenters. The van der Waals surface area contributed by atoms with Gasteiger partial charge in [0.2, 0.25) is 16.3 Å². The Kier molecular flexibility index (Phi) is 11.2. The third-order valence-corrected chi connectivity index (χ3v) is 10.0. The molecule has 0 radical (unpaired) electrons. The molecule has 0 unspecified atom stereocenters. The smallest absolute Gasteiger partial charge is 0.288 e. The highest BCUT2D eigenvalue weighted by Gasteiger charge is 2.33. The fraction of sp³-hybridized carbons (Fsp3) is 0.382. The second-order valence-electron chi connectivity index (χ2n) is 11.1. The summed E-state index contributed by atoms with van der Waals surface area (Å²) >= 11 is 0. The van der Waals surface area contributed by atoms with Crippen LogP contribution in [-0.4, -0.2) is 99.4 Å². The van der Waals surface area contributed by atoms with Gasteiger partial charge in [-0.1, -0.05) is 60.7 Å². The zero-order chi connectivity index (χ0) is 31.6. The van der Waals surface area contributed by atoms with Crippen molar-refractivity contribution in [2.75, 3.05) is 59.6 Å². The van der Waals surface area contributed by atoms with Gasteiger partial charge in [0.25, 0.3) is 5.91 Å². The van der Waals surface area contributed by atoms with Crippen molar-refractivity contribution >= 4 is 15.9 Å². The van der Waals surface area contributed by atoms with Crippen LogP contribution in [0.2, 0.25) is 0 Å². The molecule has 1 saturated heterocycles. The van der Waals surface area contributed by atoms with Gasteiger partial charge in [-0.05, 0) is 41.5 Å². The minimum atomic E-state index is -3.89. The summed E-state index contributed by atoms with van der Waals surface area (Å²) in [5.74, 6) is 0.503. The van der Waals surface area contributed by atoms with E-state index in [1.165, 1.54) is 29.1 Å². The average Bonchev–Trinajstić information content (AvgIpc) is 3.08. The SMILES string of the molecule is COc1ccc(S(=O)(=O)N(CCO)CCO[C@@H]2C[C@H](c3ccccc3)C=C(C(=O)N3CCN(Cc4ccccc4)CC3)O2)cc1. The summed E-state index contributed by atoms with van der Waals surface area (Å²) in [7, 11) is -2.38. The predicted molar refractivity (Wildman–Crippen MR) is 170 cm³/mol. The van der Waals surface area contributed by atoms with Gasteiger partial charge in [-0.3, -0.25) is 9.69 Å². The molecule has 5 rings (SSSR count). The van der Waals surface area contributed by atoms with Crippen LogP contribution in [0.4, 0.5) is 0 Å². The molecule has 0 bridgehead atoms. The summed E-state index contributed by atoms with van der Waals surface area (Å²) in [4.78, 5) is 17.9. The van der Waals surface area contributed by atoms with E-state index in [1.54, 1.807) is 12.1 Å². The Balaban J connectivity index is 1.23. The van der Waals surface area contributed by atoms with E-state index in [4.69, 9.17) is 14.2 Å². The first kappa shape index (κ1) is 32.6. The molecule has 10 nitrogen and oxygen atoms in total. The van der Waals surface area contributed by atoms with E-state index in [0.717, 1.165) is 25.2 Å². The number of aliphatic hydroxyl groups excluding tert-OH is 1. The average molecular weight is 636 g/mol. The highest BCUT2D eigenvalue weighted by Crippen LogP contribution is 2.32. The van der Waals surface area contributed by atoms with E-state index in [2.05, 4.69) is 17.0 Å². The molecule has 45 heavy (non-hydrogen) atoms. The van der Waals surface area contributed by atoms with Gasteiger partial charge >= 0.3 is 0 Å². The zero-order valence-corrected chi connectivity index (χ0v) is 26.3. The van der Waals surface area contributed by atoms with Crippen LogP contribution in [0, 0.1) is 0 Å². The number of rotatable bonds is 13. The third-order valence-electron chi connectivity index (χ3n) is 8.10.